The van der Waals surface area contributed by atoms with Crippen LogP contribution >= 0.6 is 0 Å². The molecular formula is C12H22O4. The first-order chi connectivity index (χ1) is 6.97. The van der Waals surface area contributed by atoms with Crippen molar-refractivity contribution in [2.24, 2.45) is 5.41 Å². The summed E-state index contributed by atoms with van der Waals surface area (Å²) < 4.78 is 10.2. The average Bonchev–Trinajstić information content (AvgIpc) is 1.99. The molecule has 0 amide bonds. The van der Waals surface area contributed by atoms with Crippen LogP contribution in [0.2, 0.25) is 0 Å². The van der Waals surface area contributed by atoms with Crippen molar-refractivity contribution in [2.75, 3.05) is 0 Å². The second kappa shape index (κ2) is 4.85. The molecular weight excluding hydrogens is 208 g/mol. The van der Waals surface area contributed by atoms with Crippen LogP contribution in [0.4, 0.5) is 0 Å². The van der Waals surface area contributed by atoms with Gasteiger partial charge in [0.25, 0.3) is 0 Å². The van der Waals surface area contributed by atoms with E-state index in [1.165, 1.54) is 20.8 Å². The number of carbonyl (C=O) groups excluding carboxylic acids is 2. The van der Waals surface area contributed by atoms with Gasteiger partial charge in [-0.15, -0.1) is 0 Å². The van der Waals surface area contributed by atoms with Gasteiger partial charge in [0.1, 0.15) is 6.10 Å². The van der Waals surface area contributed by atoms with Crippen molar-refractivity contribution in [3.8, 4) is 0 Å². The van der Waals surface area contributed by atoms with Gasteiger partial charge in [-0.25, -0.2) is 4.79 Å². The van der Waals surface area contributed by atoms with E-state index in [2.05, 4.69) is 0 Å². The third-order valence-electron chi connectivity index (χ3n) is 2.39. The Balaban J connectivity index is 4.52. The molecule has 0 rings (SSSR count). The first-order valence-electron chi connectivity index (χ1n) is 5.37. The molecule has 0 saturated heterocycles. The van der Waals surface area contributed by atoms with Gasteiger partial charge in [0.05, 0.1) is 0 Å². The van der Waals surface area contributed by atoms with E-state index in [-0.39, 0.29) is 11.5 Å². The third kappa shape index (κ3) is 4.64. The lowest BCUT2D eigenvalue weighted by Crippen LogP contribution is -2.42. The first kappa shape index (κ1) is 14.9. The second-order valence-electron chi connectivity index (χ2n) is 5.52. The predicted molar refractivity (Wildman–Crippen MR) is 60.9 cm³/mol. The minimum atomic E-state index is -1.23. The smallest absolute Gasteiger partial charge is 0.350 e. The number of ether oxygens (including phenoxy) is 2. The van der Waals surface area contributed by atoms with Gasteiger partial charge in [-0.2, -0.15) is 0 Å². The quantitative estimate of drug-likeness (QED) is 0.698. The molecule has 0 N–H and O–H groups in total. The zero-order valence-corrected chi connectivity index (χ0v) is 11.2. The van der Waals surface area contributed by atoms with E-state index in [4.69, 9.17) is 9.47 Å². The van der Waals surface area contributed by atoms with Crippen LogP contribution in [0.3, 0.4) is 0 Å². The van der Waals surface area contributed by atoms with Crippen LogP contribution in [0, 0.1) is 5.41 Å². The molecule has 0 saturated carbocycles. The molecule has 0 spiro atoms. The van der Waals surface area contributed by atoms with Crippen LogP contribution in [0.15, 0.2) is 0 Å². The fourth-order valence-corrected chi connectivity index (χ4v) is 0.880. The van der Waals surface area contributed by atoms with Gasteiger partial charge in [-0.3, -0.25) is 4.79 Å². The topological polar surface area (TPSA) is 52.6 Å². The SMILES string of the molecule is CC(=O)OC(C)(C)C(=O)OC(C)C(C)(C)C. The third-order valence-corrected chi connectivity index (χ3v) is 2.39. The number of hydrogen-bond donors (Lipinski definition) is 0. The summed E-state index contributed by atoms with van der Waals surface area (Å²) in [4.78, 5) is 22.6. The van der Waals surface area contributed by atoms with Gasteiger partial charge >= 0.3 is 11.9 Å². The molecule has 0 aromatic carbocycles. The van der Waals surface area contributed by atoms with Crippen LogP contribution in [-0.4, -0.2) is 23.6 Å². The largest absolute Gasteiger partial charge is 0.459 e. The van der Waals surface area contributed by atoms with Crippen molar-refractivity contribution >= 4 is 11.9 Å². The van der Waals surface area contributed by atoms with Gasteiger partial charge in [-0.1, -0.05) is 20.8 Å². The van der Waals surface area contributed by atoms with E-state index >= 15 is 0 Å². The van der Waals surface area contributed by atoms with E-state index in [0.717, 1.165) is 0 Å². The highest BCUT2D eigenvalue weighted by atomic mass is 16.6. The van der Waals surface area contributed by atoms with Crippen molar-refractivity contribution in [2.45, 2.75) is 60.2 Å². The second-order valence-corrected chi connectivity index (χ2v) is 5.52. The maximum Gasteiger partial charge on any atom is 0.350 e. The fourth-order valence-electron chi connectivity index (χ4n) is 0.880. The zero-order valence-electron chi connectivity index (χ0n) is 11.2. The molecule has 0 radical (unpaired) electrons. The Hall–Kier alpha value is -1.06. The van der Waals surface area contributed by atoms with E-state index < -0.39 is 17.5 Å². The molecule has 0 aromatic rings. The summed E-state index contributed by atoms with van der Waals surface area (Å²) in [7, 11) is 0. The normalized spacial score (nSPS) is 14.2. The lowest BCUT2D eigenvalue weighted by Gasteiger charge is -2.30. The van der Waals surface area contributed by atoms with Gasteiger partial charge in [0.2, 0.25) is 5.60 Å². The molecule has 0 aliphatic rings. The van der Waals surface area contributed by atoms with E-state index in [1.807, 2.05) is 27.7 Å². The summed E-state index contributed by atoms with van der Waals surface area (Å²) in [5.41, 5.74) is -1.37. The van der Waals surface area contributed by atoms with E-state index in [1.54, 1.807) is 0 Å². The molecule has 0 aliphatic carbocycles. The van der Waals surface area contributed by atoms with Crippen molar-refractivity contribution in [3.63, 3.8) is 0 Å². The van der Waals surface area contributed by atoms with Crippen molar-refractivity contribution in [3.05, 3.63) is 0 Å². The number of carbonyl (C=O) groups is 2. The van der Waals surface area contributed by atoms with Crippen LogP contribution in [0.5, 0.6) is 0 Å². The Morgan fingerprint density at radius 3 is 1.81 bits per heavy atom. The summed E-state index contributed by atoms with van der Waals surface area (Å²) in [6.45, 7) is 12.1. The molecule has 0 heterocycles. The maximum absolute atomic E-state index is 11.8. The average molecular weight is 230 g/mol. The highest BCUT2D eigenvalue weighted by Crippen LogP contribution is 2.24. The summed E-state index contributed by atoms with van der Waals surface area (Å²) in [5.74, 6) is -1.02. The number of esters is 2. The van der Waals surface area contributed by atoms with Crippen molar-refractivity contribution < 1.29 is 19.1 Å². The minimum Gasteiger partial charge on any atom is -0.459 e. The highest BCUT2D eigenvalue weighted by Gasteiger charge is 2.36. The molecule has 1 unspecified atom stereocenters. The lowest BCUT2D eigenvalue weighted by atomic mass is 9.90. The molecule has 94 valence electrons. The molecule has 0 aliphatic heterocycles. The molecule has 0 aromatic heterocycles. The molecule has 4 nitrogen and oxygen atoms in total. The maximum atomic E-state index is 11.8. The Kier molecular flexibility index (Phi) is 4.53. The molecule has 0 bridgehead atoms. The Bertz CT molecular complexity index is 273. The van der Waals surface area contributed by atoms with Crippen LogP contribution < -0.4 is 0 Å². The van der Waals surface area contributed by atoms with Crippen LogP contribution in [0.1, 0.15) is 48.5 Å². The van der Waals surface area contributed by atoms with Crippen molar-refractivity contribution in [1.29, 1.82) is 0 Å². The standard InChI is InChI=1S/C12H22O4/c1-8(11(3,4)5)15-10(14)12(6,7)16-9(2)13/h8H,1-7H3. The van der Waals surface area contributed by atoms with E-state index in [9.17, 15) is 9.59 Å². The first-order valence-corrected chi connectivity index (χ1v) is 5.37. The summed E-state index contributed by atoms with van der Waals surface area (Å²) in [5, 5.41) is 0. The van der Waals surface area contributed by atoms with Gasteiger partial charge < -0.3 is 9.47 Å². The monoisotopic (exact) mass is 230 g/mol. The summed E-state index contributed by atoms with van der Waals surface area (Å²) >= 11 is 0. The minimum absolute atomic E-state index is 0.137. The van der Waals surface area contributed by atoms with Crippen LogP contribution in [-0.2, 0) is 19.1 Å². The Morgan fingerprint density at radius 2 is 1.50 bits per heavy atom. The van der Waals surface area contributed by atoms with Gasteiger partial charge in [0, 0.05) is 6.92 Å². The van der Waals surface area contributed by atoms with E-state index in [0.29, 0.717) is 0 Å². The predicted octanol–water partition coefficient (Wildman–Crippen LogP) is 2.31. The van der Waals surface area contributed by atoms with Crippen LogP contribution in [0.25, 0.3) is 0 Å². The molecule has 16 heavy (non-hydrogen) atoms. The summed E-state index contributed by atoms with van der Waals surface area (Å²) in [6, 6.07) is 0. The highest BCUT2D eigenvalue weighted by molar-refractivity contribution is 5.82. The Labute approximate surface area is 97.3 Å². The lowest BCUT2D eigenvalue weighted by molar-refractivity contribution is -0.184. The summed E-state index contributed by atoms with van der Waals surface area (Å²) in [6.07, 6.45) is -0.241. The van der Waals surface area contributed by atoms with Gasteiger partial charge in [-0.05, 0) is 26.2 Å². The van der Waals surface area contributed by atoms with Gasteiger partial charge in [0.15, 0.2) is 0 Å². The zero-order chi connectivity index (χ0) is 13.1. The fraction of sp³-hybridized carbons (Fsp3) is 0.833. The number of hydrogen-bond acceptors (Lipinski definition) is 4. The van der Waals surface area contributed by atoms with Crippen molar-refractivity contribution in [1.82, 2.24) is 0 Å². The molecule has 1 atom stereocenters. The molecule has 0 fully saturated rings. The number of rotatable bonds is 3. The Morgan fingerprint density at radius 1 is 1.06 bits per heavy atom. The molecule has 4 heteroatoms.